The Morgan fingerprint density at radius 2 is 2.24 bits per heavy atom. The van der Waals surface area contributed by atoms with Gasteiger partial charge in [0, 0.05) is 13.2 Å². The molecule has 0 saturated carbocycles. The van der Waals surface area contributed by atoms with Crippen LogP contribution in [0.5, 0.6) is 0 Å². The fraction of sp³-hybridized carbons (Fsp3) is 0.500. The third-order valence-corrected chi connectivity index (χ3v) is 2.27. The van der Waals surface area contributed by atoms with E-state index in [4.69, 9.17) is 10.2 Å². The van der Waals surface area contributed by atoms with E-state index >= 15 is 0 Å². The lowest BCUT2D eigenvalue weighted by molar-refractivity contribution is -0.140. The number of carboxylic acids is 1. The third-order valence-electron chi connectivity index (χ3n) is 2.27. The van der Waals surface area contributed by atoms with Crippen molar-refractivity contribution >= 4 is 11.9 Å². The van der Waals surface area contributed by atoms with Crippen LogP contribution in [0.4, 0.5) is 0 Å². The van der Waals surface area contributed by atoms with E-state index in [1.807, 2.05) is 6.92 Å². The Hall–Kier alpha value is -1.89. The average molecular weight is 241 g/mol. The van der Waals surface area contributed by atoms with Gasteiger partial charge in [-0.05, 0) is 6.42 Å². The SMILES string of the molecule is CCc1nn(C)cc1C(=O)N[C@H](CO)C(=O)O. The summed E-state index contributed by atoms with van der Waals surface area (Å²) >= 11 is 0. The third kappa shape index (κ3) is 3.04. The molecule has 0 unspecified atom stereocenters. The van der Waals surface area contributed by atoms with Crippen LogP contribution in [-0.2, 0) is 18.3 Å². The fourth-order valence-electron chi connectivity index (χ4n) is 1.41. The second-order valence-electron chi connectivity index (χ2n) is 3.56. The van der Waals surface area contributed by atoms with Gasteiger partial charge < -0.3 is 15.5 Å². The number of nitrogens with zero attached hydrogens (tertiary/aromatic N) is 2. The van der Waals surface area contributed by atoms with Gasteiger partial charge in [-0.15, -0.1) is 0 Å². The summed E-state index contributed by atoms with van der Waals surface area (Å²) in [4.78, 5) is 22.4. The minimum absolute atomic E-state index is 0.328. The highest BCUT2D eigenvalue weighted by molar-refractivity contribution is 5.97. The minimum atomic E-state index is -1.30. The molecule has 0 fully saturated rings. The Labute approximate surface area is 98.1 Å². The van der Waals surface area contributed by atoms with E-state index in [0.29, 0.717) is 17.7 Å². The fourth-order valence-corrected chi connectivity index (χ4v) is 1.41. The number of hydrogen-bond acceptors (Lipinski definition) is 4. The highest BCUT2D eigenvalue weighted by atomic mass is 16.4. The summed E-state index contributed by atoms with van der Waals surface area (Å²) in [6.45, 7) is 1.20. The molecule has 0 aliphatic heterocycles. The lowest BCUT2D eigenvalue weighted by Crippen LogP contribution is -2.43. The van der Waals surface area contributed by atoms with Crippen LogP contribution in [0.2, 0.25) is 0 Å². The molecule has 0 aliphatic carbocycles. The largest absolute Gasteiger partial charge is 0.480 e. The predicted octanol–water partition coefficient (Wildman–Crippen LogP) is -0.842. The summed E-state index contributed by atoms with van der Waals surface area (Å²) in [5, 5.41) is 23.8. The summed E-state index contributed by atoms with van der Waals surface area (Å²) in [7, 11) is 1.68. The molecule has 1 rings (SSSR count). The van der Waals surface area contributed by atoms with Gasteiger partial charge in [-0.25, -0.2) is 4.79 Å². The minimum Gasteiger partial charge on any atom is -0.480 e. The van der Waals surface area contributed by atoms with E-state index in [2.05, 4.69) is 10.4 Å². The van der Waals surface area contributed by atoms with E-state index in [9.17, 15) is 9.59 Å². The number of hydrogen-bond donors (Lipinski definition) is 3. The normalized spacial score (nSPS) is 12.2. The molecule has 0 bridgehead atoms. The number of carbonyl (C=O) groups is 2. The number of carboxylic acid groups (broad SMARTS) is 1. The van der Waals surface area contributed by atoms with Gasteiger partial charge >= 0.3 is 5.97 Å². The van der Waals surface area contributed by atoms with Crippen molar-refractivity contribution in [3.63, 3.8) is 0 Å². The molecule has 94 valence electrons. The van der Waals surface area contributed by atoms with Crippen molar-refractivity contribution in [3.05, 3.63) is 17.5 Å². The summed E-state index contributed by atoms with van der Waals surface area (Å²) in [5.41, 5.74) is 0.918. The zero-order chi connectivity index (χ0) is 13.0. The van der Waals surface area contributed by atoms with Crippen LogP contribution in [-0.4, -0.2) is 44.5 Å². The van der Waals surface area contributed by atoms with Crippen LogP contribution in [0.1, 0.15) is 23.0 Å². The number of carbonyl (C=O) groups excluding carboxylic acids is 1. The Morgan fingerprint density at radius 1 is 1.59 bits per heavy atom. The molecule has 17 heavy (non-hydrogen) atoms. The molecule has 0 spiro atoms. The molecule has 1 amide bonds. The van der Waals surface area contributed by atoms with Crippen molar-refractivity contribution in [1.29, 1.82) is 0 Å². The maximum atomic E-state index is 11.8. The molecule has 1 heterocycles. The molecule has 0 radical (unpaired) electrons. The quantitative estimate of drug-likeness (QED) is 0.623. The number of nitrogens with one attached hydrogen (secondary N) is 1. The second kappa shape index (κ2) is 5.44. The topological polar surface area (TPSA) is 104 Å². The van der Waals surface area contributed by atoms with E-state index in [-0.39, 0.29) is 0 Å². The molecule has 1 atom stereocenters. The Balaban J connectivity index is 2.85. The second-order valence-corrected chi connectivity index (χ2v) is 3.56. The van der Waals surface area contributed by atoms with Crippen molar-refractivity contribution in [2.75, 3.05) is 6.61 Å². The van der Waals surface area contributed by atoms with E-state index in [1.54, 1.807) is 7.05 Å². The number of aliphatic hydroxyl groups excluding tert-OH is 1. The van der Waals surface area contributed by atoms with Gasteiger partial charge in [0.1, 0.15) is 0 Å². The smallest absolute Gasteiger partial charge is 0.328 e. The highest BCUT2D eigenvalue weighted by Gasteiger charge is 2.22. The first-order valence-corrected chi connectivity index (χ1v) is 5.16. The zero-order valence-electron chi connectivity index (χ0n) is 9.67. The Bertz CT molecular complexity index is 427. The monoisotopic (exact) mass is 241 g/mol. The first-order chi connectivity index (χ1) is 7.99. The van der Waals surface area contributed by atoms with Gasteiger partial charge in [-0.3, -0.25) is 9.48 Å². The highest BCUT2D eigenvalue weighted by Crippen LogP contribution is 2.07. The summed E-state index contributed by atoms with van der Waals surface area (Å²) in [6.07, 6.45) is 2.09. The Kier molecular flexibility index (Phi) is 4.22. The molecule has 7 nitrogen and oxygen atoms in total. The van der Waals surface area contributed by atoms with Gasteiger partial charge in [0.25, 0.3) is 5.91 Å². The predicted molar refractivity (Wildman–Crippen MR) is 58.6 cm³/mol. The van der Waals surface area contributed by atoms with Gasteiger partial charge in [0.05, 0.1) is 17.9 Å². The number of aliphatic carboxylic acids is 1. The van der Waals surface area contributed by atoms with Gasteiger partial charge in [-0.2, -0.15) is 5.10 Å². The van der Waals surface area contributed by atoms with Gasteiger partial charge in [0.2, 0.25) is 0 Å². The molecule has 1 aromatic heterocycles. The Morgan fingerprint density at radius 3 is 2.71 bits per heavy atom. The molecular weight excluding hydrogens is 226 g/mol. The van der Waals surface area contributed by atoms with Gasteiger partial charge in [0.15, 0.2) is 6.04 Å². The maximum Gasteiger partial charge on any atom is 0.328 e. The van der Waals surface area contributed by atoms with Crippen LogP contribution in [0.25, 0.3) is 0 Å². The molecule has 0 aromatic carbocycles. The lowest BCUT2D eigenvalue weighted by atomic mass is 10.2. The average Bonchev–Trinajstić information content (AvgIpc) is 2.66. The number of aliphatic hydroxyl groups is 1. The summed E-state index contributed by atoms with van der Waals surface area (Å²) < 4.78 is 1.49. The van der Waals surface area contributed by atoms with E-state index in [1.165, 1.54) is 10.9 Å². The molecule has 0 aliphatic rings. The number of amides is 1. The summed E-state index contributed by atoms with van der Waals surface area (Å²) in [5.74, 6) is -1.82. The van der Waals surface area contributed by atoms with Crippen LogP contribution in [0, 0.1) is 0 Å². The van der Waals surface area contributed by atoms with Crippen molar-refractivity contribution in [2.24, 2.45) is 7.05 Å². The molecule has 0 saturated heterocycles. The van der Waals surface area contributed by atoms with Crippen LogP contribution >= 0.6 is 0 Å². The van der Waals surface area contributed by atoms with Gasteiger partial charge in [-0.1, -0.05) is 6.92 Å². The standard InChI is InChI=1S/C10H15N3O4/c1-3-7-6(4-13(2)12-7)9(15)11-8(5-14)10(16)17/h4,8,14H,3,5H2,1-2H3,(H,11,15)(H,16,17)/t8-/m1/s1. The van der Waals surface area contributed by atoms with Crippen molar-refractivity contribution in [1.82, 2.24) is 15.1 Å². The first kappa shape index (κ1) is 13.2. The van der Waals surface area contributed by atoms with Crippen LogP contribution in [0.3, 0.4) is 0 Å². The lowest BCUT2D eigenvalue weighted by Gasteiger charge is -2.10. The van der Waals surface area contributed by atoms with Crippen LogP contribution in [0.15, 0.2) is 6.20 Å². The van der Waals surface area contributed by atoms with Crippen LogP contribution < -0.4 is 5.32 Å². The van der Waals surface area contributed by atoms with Crippen molar-refractivity contribution in [3.8, 4) is 0 Å². The zero-order valence-corrected chi connectivity index (χ0v) is 9.67. The maximum absolute atomic E-state index is 11.8. The molecule has 1 aromatic rings. The summed E-state index contributed by atoms with van der Waals surface area (Å²) in [6, 6.07) is -1.30. The van der Waals surface area contributed by atoms with Crippen molar-refractivity contribution in [2.45, 2.75) is 19.4 Å². The number of aromatic nitrogens is 2. The van der Waals surface area contributed by atoms with Crippen molar-refractivity contribution < 1.29 is 19.8 Å². The molecule has 7 heteroatoms. The van der Waals surface area contributed by atoms with E-state index in [0.717, 1.165) is 0 Å². The number of aryl methyl sites for hydroxylation is 2. The number of rotatable bonds is 5. The van der Waals surface area contributed by atoms with E-state index < -0.39 is 24.5 Å². The molecular formula is C10H15N3O4. The first-order valence-electron chi connectivity index (χ1n) is 5.16. The molecule has 3 N–H and O–H groups in total.